The van der Waals surface area contributed by atoms with Crippen LogP contribution in [0.3, 0.4) is 0 Å². The van der Waals surface area contributed by atoms with E-state index >= 15 is 0 Å². The van der Waals surface area contributed by atoms with E-state index in [1.54, 1.807) is 6.92 Å². The lowest BCUT2D eigenvalue weighted by atomic mass is 9.96. The number of carbonyl (C=O) groups excluding carboxylic acids is 12. The fourth-order valence-corrected chi connectivity index (χ4v) is 10.5. The Morgan fingerprint density at radius 2 is 0.958 bits per heavy atom. The molecule has 0 radical (unpaired) electrons. The van der Waals surface area contributed by atoms with E-state index in [0.29, 0.717) is 19.3 Å². The Bertz CT molecular complexity index is 2650. The third kappa shape index (κ3) is 30.5. The Labute approximate surface area is 552 Å². The summed E-state index contributed by atoms with van der Waals surface area (Å²) < 4.78 is 0. The average Bonchev–Trinajstić information content (AvgIpc) is 1.10. The van der Waals surface area contributed by atoms with E-state index in [0.717, 1.165) is 43.9 Å². The molecule has 0 saturated carbocycles. The van der Waals surface area contributed by atoms with E-state index in [-0.39, 0.29) is 57.3 Å². The summed E-state index contributed by atoms with van der Waals surface area (Å²) in [5.74, 6) is -19.3. The summed E-state index contributed by atoms with van der Waals surface area (Å²) in [6.07, 6.45) is 11.1. The smallest absolute Gasteiger partial charge is 0.315 e. The lowest BCUT2D eigenvalue weighted by Crippen LogP contribution is -2.66. The highest BCUT2D eigenvalue weighted by Gasteiger charge is 2.44. The first kappa shape index (κ1) is 82.4. The zero-order chi connectivity index (χ0) is 71.5. The number of carboxylic acid groups (broad SMARTS) is 4. The number of unbranched alkanes of at least 4 members (excludes halogenated alkanes) is 11. The van der Waals surface area contributed by atoms with E-state index in [4.69, 9.17) is 5.73 Å². The van der Waals surface area contributed by atoms with Gasteiger partial charge in [0.2, 0.25) is 65.5 Å². The van der Waals surface area contributed by atoms with Crippen molar-refractivity contribution in [2.75, 3.05) is 32.7 Å². The van der Waals surface area contributed by atoms with Crippen molar-refractivity contribution in [3.63, 3.8) is 0 Å². The van der Waals surface area contributed by atoms with Crippen LogP contribution in [-0.4, -0.2) is 225 Å². The molecule has 34 nitrogen and oxygen atoms in total. The van der Waals surface area contributed by atoms with Gasteiger partial charge in [0, 0.05) is 31.7 Å². The van der Waals surface area contributed by atoms with Gasteiger partial charge in [-0.25, -0.2) is 4.79 Å². The summed E-state index contributed by atoms with van der Waals surface area (Å²) in [6.45, 7) is 9.62. The van der Waals surface area contributed by atoms with Gasteiger partial charge in [0.05, 0.1) is 44.3 Å². The van der Waals surface area contributed by atoms with Gasteiger partial charge in [-0.2, -0.15) is 0 Å². The molecule has 0 spiro atoms. The summed E-state index contributed by atoms with van der Waals surface area (Å²) in [6, 6.07) is -17.1. The second-order valence-corrected chi connectivity index (χ2v) is 24.6. The molecule has 0 aromatic carbocycles. The van der Waals surface area contributed by atoms with Crippen molar-refractivity contribution in [1.29, 1.82) is 0 Å². The fourth-order valence-electron chi connectivity index (χ4n) is 10.5. The molecule has 17 N–H and O–H groups in total. The zero-order valence-corrected chi connectivity index (χ0v) is 55.6. The van der Waals surface area contributed by atoms with Gasteiger partial charge in [-0.1, -0.05) is 91.4 Å². The molecule has 0 aromatic rings. The maximum absolute atomic E-state index is 14.9. The molecule has 0 aliphatic carbocycles. The number of hydrogen-bond donors (Lipinski definition) is 16. The van der Waals surface area contributed by atoms with Crippen molar-refractivity contribution in [3.05, 3.63) is 0 Å². The normalized spacial score (nSPS) is 17.6. The minimum absolute atomic E-state index is 0.0258. The van der Waals surface area contributed by atoms with Gasteiger partial charge in [0.15, 0.2) is 0 Å². The largest absolute Gasteiger partial charge is 0.481 e. The van der Waals surface area contributed by atoms with Crippen LogP contribution in [0.5, 0.6) is 0 Å². The number of carboxylic acids is 4. The molecule has 12 atom stereocenters. The minimum atomic E-state index is -2.14. The Kier molecular flexibility index (Phi) is 37.5. The van der Waals surface area contributed by atoms with Crippen LogP contribution in [0, 0.1) is 11.8 Å². The zero-order valence-electron chi connectivity index (χ0n) is 55.6. The van der Waals surface area contributed by atoms with Crippen LogP contribution in [0.4, 0.5) is 4.79 Å². The Hall–Kier alpha value is -8.72. The fraction of sp³-hybridized carbons (Fsp3) is 0.738. The molecule has 2 rings (SSSR count). The van der Waals surface area contributed by atoms with Gasteiger partial charge in [0.1, 0.15) is 48.3 Å². The number of aliphatic carboxylic acids is 4. The number of likely N-dealkylation sites (tertiary alicyclic amines) is 2. The highest BCUT2D eigenvalue weighted by molar-refractivity contribution is 6.00. The lowest BCUT2D eigenvalue weighted by molar-refractivity contribution is -0.149. The van der Waals surface area contributed by atoms with Crippen molar-refractivity contribution >= 4 is 95.4 Å². The lowest BCUT2D eigenvalue weighted by Gasteiger charge is -2.39. The average molecular weight is 1350 g/mol. The van der Waals surface area contributed by atoms with E-state index < -0.39 is 188 Å². The van der Waals surface area contributed by atoms with Gasteiger partial charge in [-0.15, -0.1) is 0 Å². The number of carbonyl (C=O) groups is 16. The van der Waals surface area contributed by atoms with Crippen molar-refractivity contribution in [1.82, 2.24) is 68.3 Å². The maximum atomic E-state index is 14.9. The van der Waals surface area contributed by atoms with Crippen molar-refractivity contribution in [2.45, 2.75) is 243 Å². The summed E-state index contributed by atoms with van der Waals surface area (Å²) in [7, 11) is 0. The minimum Gasteiger partial charge on any atom is -0.481 e. The first-order valence-electron chi connectivity index (χ1n) is 32.7. The van der Waals surface area contributed by atoms with Crippen LogP contribution in [0.2, 0.25) is 0 Å². The number of rotatable bonds is 45. The monoisotopic (exact) mass is 1350 g/mol. The number of nitrogens with one attached hydrogen (secondary N) is 11. The Balaban J connectivity index is 2.33. The van der Waals surface area contributed by atoms with Gasteiger partial charge >= 0.3 is 29.9 Å². The predicted molar refractivity (Wildman–Crippen MR) is 339 cm³/mol. The second-order valence-electron chi connectivity index (χ2n) is 24.6. The molecule has 2 aliphatic rings. The third-order valence-corrected chi connectivity index (χ3v) is 16.4. The Morgan fingerprint density at radius 3 is 1.46 bits per heavy atom. The first-order chi connectivity index (χ1) is 44.8. The van der Waals surface area contributed by atoms with Gasteiger partial charge in [-0.05, 0) is 72.1 Å². The van der Waals surface area contributed by atoms with E-state index in [2.05, 4.69) is 60.1 Å². The van der Waals surface area contributed by atoms with Crippen molar-refractivity contribution in [3.8, 4) is 0 Å². The van der Waals surface area contributed by atoms with Crippen LogP contribution in [0.25, 0.3) is 0 Å². The highest BCUT2D eigenvalue weighted by atomic mass is 16.4. The number of piperidine rings is 1. The molecule has 12 unspecified atom stereocenters. The molecular formula is C61H102N14O20. The SMILES string of the molecule is CCCCCCCCCCCCCCNC(=O)NC(CC(=O)O)C(=O)NC(C(=O)N1CCCCC1C(=O)NC(C(=O)NC(CC(=O)O)C(=O)NCC(=O)NC(CC(=O)O)C(=O)NCC(=O)NC(C(=O)NC(C)C(C)C)C(C)N)C(C)C(=O)O)C(C)NC(=O)C1CCCN1C=O. The first-order valence-corrected chi connectivity index (χ1v) is 32.7. The van der Waals surface area contributed by atoms with Crippen molar-refractivity contribution in [2.24, 2.45) is 17.6 Å². The highest BCUT2D eigenvalue weighted by Crippen LogP contribution is 2.22. The molecule has 34 heteroatoms. The molecule has 13 amide bonds. The maximum Gasteiger partial charge on any atom is 0.315 e. The van der Waals surface area contributed by atoms with Gasteiger partial charge < -0.3 is 94.4 Å². The van der Waals surface area contributed by atoms with Crippen LogP contribution >= 0.6 is 0 Å². The molecular weight excluding hydrogens is 1250 g/mol. The van der Waals surface area contributed by atoms with E-state index in [1.807, 2.05) is 19.2 Å². The summed E-state index contributed by atoms with van der Waals surface area (Å²) in [4.78, 5) is 212. The quantitative estimate of drug-likeness (QED) is 0.0236. The molecule has 2 fully saturated rings. The molecule has 95 heavy (non-hydrogen) atoms. The Morgan fingerprint density at radius 1 is 0.474 bits per heavy atom. The van der Waals surface area contributed by atoms with Gasteiger partial charge in [-0.3, -0.25) is 71.9 Å². The van der Waals surface area contributed by atoms with E-state index in [1.165, 1.54) is 57.3 Å². The third-order valence-electron chi connectivity index (χ3n) is 16.4. The molecule has 0 aromatic heterocycles. The summed E-state index contributed by atoms with van der Waals surface area (Å²) in [5, 5.41) is 64.9. The summed E-state index contributed by atoms with van der Waals surface area (Å²) >= 11 is 0. The van der Waals surface area contributed by atoms with Crippen molar-refractivity contribution < 1.29 is 97.1 Å². The molecule has 0 bridgehead atoms. The molecule has 536 valence electrons. The number of nitrogens with two attached hydrogens (primary N) is 1. The second kappa shape index (κ2) is 43.3. The molecule has 2 heterocycles. The molecule has 2 saturated heterocycles. The van der Waals surface area contributed by atoms with Gasteiger partial charge in [0.25, 0.3) is 0 Å². The van der Waals surface area contributed by atoms with Crippen LogP contribution < -0.4 is 64.2 Å². The number of amides is 13. The number of urea groups is 1. The van der Waals surface area contributed by atoms with Crippen LogP contribution in [-0.2, 0) is 71.9 Å². The summed E-state index contributed by atoms with van der Waals surface area (Å²) in [5.41, 5.74) is 5.91. The standard InChI is InChI=1S/C61H102N14O20/c1-8-9-10-11-12-13-14-15-16-17-18-20-25-63-61(95)70-41(30-48(83)84)54(87)73-51(38(7)67-55(88)42-24-22-26-74(42)33-76)59(92)75-27-21-19-23-43(75)56(89)72-49(35(4)60(93)94)57(90)69-40(29-47(81)82)53(86)64-31-44(77)68-39(28-46(79)80)52(85)65-32-45(78)71-50(36(5)62)58(91)66-37(6)34(2)3/h33-43,49-51H,8-32,62H2,1-7H3,(H,64,86)(H,65,85)(H,66,91)(H,67,88)(H,68,77)(H,69,90)(H,71,78)(H,72,89)(H,73,87)(H,79,80)(H,81,82)(H,83,84)(H,93,94)(H2,63,70,95). The topological polar surface area (TPSA) is 519 Å². The number of hydrogen-bond acceptors (Lipinski definition) is 17. The van der Waals surface area contributed by atoms with Crippen LogP contribution in [0.15, 0.2) is 0 Å². The molecule has 2 aliphatic heterocycles. The predicted octanol–water partition coefficient (Wildman–Crippen LogP) is -1.83. The van der Waals surface area contributed by atoms with E-state index in [9.17, 15) is 97.1 Å². The number of nitrogens with zero attached hydrogens (tertiary/aromatic N) is 2. The van der Waals surface area contributed by atoms with Crippen LogP contribution in [0.1, 0.15) is 177 Å².